The minimum Gasteiger partial charge on any atom is -0.394 e. The van der Waals surface area contributed by atoms with Gasteiger partial charge in [-0.3, -0.25) is 14.9 Å². The van der Waals surface area contributed by atoms with Crippen molar-refractivity contribution in [3.8, 4) is 0 Å². The highest BCUT2D eigenvalue weighted by Gasteiger charge is 2.24. The Hall–Kier alpha value is -2.15. The average Bonchev–Trinajstić information content (AvgIpc) is 2.28. The normalized spacial score (nSPS) is 11.1. The monoisotopic (exact) mass is 253 g/mol. The van der Waals surface area contributed by atoms with Gasteiger partial charge in [0.1, 0.15) is 5.69 Å². The highest BCUT2D eigenvalue weighted by molar-refractivity contribution is 6.01. The number of nitrogens with one attached hydrogen (secondary N) is 1. The fraction of sp³-hybridized carbons (Fsp3) is 0.364. The average molecular weight is 253 g/mol. The summed E-state index contributed by atoms with van der Waals surface area (Å²) in [5.41, 5.74) is 4.27. The Labute approximate surface area is 104 Å². The fourth-order valence-corrected chi connectivity index (χ4v) is 1.32. The summed E-state index contributed by atoms with van der Waals surface area (Å²) >= 11 is 0. The molecule has 1 aromatic rings. The maximum absolute atomic E-state index is 11.9. The van der Waals surface area contributed by atoms with E-state index in [2.05, 4.69) is 5.32 Å². The van der Waals surface area contributed by atoms with Crippen LogP contribution in [-0.4, -0.2) is 28.1 Å². The largest absolute Gasteiger partial charge is 0.394 e. The summed E-state index contributed by atoms with van der Waals surface area (Å²) in [6.07, 6.45) is 0. The van der Waals surface area contributed by atoms with E-state index in [0.717, 1.165) is 0 Å². The van der Waals surface area contributed by atoms with Gasteiger partial charge in [0.2, 0.25) is 0 Å². The lowest BCUT2D eigenvalue weighted by Gasteiger charge is -2.23. The first kappa shape index (κ1) is 13.9. The zero-order chi connectivity index (χ0) is 13.9. The number of amides is 1. The molecule has 0 aliphatic rings. The van der Waals surface area contributed by atoms with Gasteiger partial charge in [0, 0.05) is 6.07 Å². The Morgan fingerprint density at radius 1 is 1.56 bits per heavy atom. The van der Waals surface area contributed by atoms with Crippen LogP contribution in [0.1, 0.15) is 24.2 Å². The Bertz CT molecular complexity index is 485. The van der Waals surface area contributed by atoms with Crippen LogP contribution in [0, 0.1) is 10.1 Å². The van der Waals surface area contributed by atoms with Gasteiger partial charge in [-0.25, -0.2) is 0 Å². The number of nitrogen functional groups attached to an aromatic ring is 1. The predicted octanol–water partition coefficient (Wildman–Crippen LogP) is 0.678. The van der Waals surface area contributed by atoms with Crippen LogP contribution in [0.25, 0.3) is 0 Å². The van der Waals surface area contributed by atoms with E-state index in [-0.39, 0.29) is 23.5 Å². The lowest BCUT2D eigenvalue weighted by Crippen LogP contribution is -2.46. The summed E-state index contributed by atoms with van der Waals surface area (Å²) in [6, 6.07) is 4.00. The molecule has 0 saturated carbocycles. The number of aliphatic hydroxyl groups excluding tert-OH is 1. The maximum Gasteiger partial charge on any atom is 0.292 e. The van der Waals surface area contributed by atoms with Crippen molar-refractivity contribution in [3.05, 3.63) is 33.9 Å². The second-order valence-corrected chi connectivity index (χ2v) is 4.49. The highest BCUT2D eigenvalue weighted by Crippen LogP contribution is 2.25. The summed E-state index contributed by atoms with van der Waals surface area (Å²) < 4.78 is 0. The van der Waals surface area contributed by atoms with Gasteiger partial charge in [-0.05, 0) is 19.9 Å². The number of nitro benzene ring substituents is 1. The number of carbonyl (C=O) groups excluding carboxylic acids is 1. The number of hydrogen-bond donors (Lipinski definition) is 3. The molecule has 1 aromatic carbocycles. The lowest BCUT2D eigenvalue weighted by molar-refractivity contribution is -0.383. The van der Waals surface area contributed by atoms with Gasteiger partial charge in [0.15, 0.2) is 0 Å². The van der Waals surface area contributed by atoms with E-state index in [1.165, 1.54) is 18.2 Å². The topological polar surface area (TPSA) is 118 Å². The van der Waals surface area contributed by atoms with E-state index in [1.54, 1.807) is 13.8 Å². The van der Waals surface area contributed by atoms with Gasteiger partial charge in [0.25, 0.3) is 11.6 Å². The third-order valence-corrected chi connectivity index (χ3v) is 2.37. The van der Waals surface area contributed by atoms with Crippen LogP contribution < -0.4 is 11.1 Å². The molecule has 0 radical (unpaired) electrons. The maximum atomic E-state index is 11.9. The molecule has 0 aliphatic carbocycles. The van der Waals surface area contributed by atoms with Crippen molar-refractivity contribution in [2.45, 2.75) is 19.4 Å². The van der Waals surface area contributed by atoms with Crippen molar-refractivity contribution < 1.29 is 14.8 Å². The zero-order valence-corrected chi connectivity index (χ0v) is 10.1. The van der Waals surface area contributed by atoms with E-state index in [1.807, 2.05) is 0 Å². The molecule has 4 N–H and O–H groups in total. The quantitative estimate of drug-likeness (QED) is 0.414. The van der Waals surface area contributed by atoms with Crippen molar-refractivity contribution in [2.75, 3.05) is 12.3 Å². The van der Waals surface area contributed by atoms with Crippen LogP contribution in [0.15, 0.2) is 18.2 Å². The number of nitrogens with zero attached hydrogens (tertiary/aromatic N) is 1. The number of benzene rings is 1. The van der Waals surface area contributed by atoms with Crippen LogP contribution in [0.2, 0.25) is 0 Å². The minimum atomic E-state index is -0.825. The molecule has 0 atom stereocenters. The summed E-state index contributed by atoms with van der Waals surface area (Å²) in [5.74, 6) is -0.560. The van der Waals surface area contributed by atoms with Crippen LogP contribution in [0.5, 0.6) is 0 Å². The molecule has 0 aromatic heterocycles. The summed E-state index contributed by atoms with van der Waals surface area (Å²) in [4.78, 5) is 21.9. The number of hydrogen-bond acceptors (Lipinski definition) is 5. The van der Waals surface area contributed by atoms with Gasteiger partial charge < -0.3 is 16.2 Å². The first-order valence-electron chi connectivity index (χ1n) is 5.25. The Morgan fingerprint density at radius 2 is 2.17 bits per heavy atom. The number of nitro groups is 1. The summed E-state index contributed by atoms with van der Waals surface area (Å²) in [6.45, 7) is 2.99. The molecule has 0 saturated heterocycles. The highest BCUT2D eigenvalue weighted by atomic mass is 16.6. The van der Waals surface area contributed by atoms with Gasteiger partial charge in [-0.2, -0.15) is 0 Å². The van der Waals surface area contributed by atoms with Gasteiger partial charge >= 0.3 is 0 Å². The SMILES string of the molecule is CC(C)(CO)NC(=O)c1cccc([N+](=O)[O-])c1N. The molecule has 0 heterocycles. The predicted molar refractivity (Wildman–Crippen MR) is 66.1 cm³/mol. The Kier molecular flexibility index (Phi) is 3.87. The molecule has 7 nitrogen and oxygen atoms in total. The molecule has 0 unspecified atom stereocenters. The third-order valence-electron chi connectivity index (χ3n) is 2.37. The number of aliphatic hydroxyl groups is 1. The molecule has 0 bridgehead atoms. The first-order valence-corrected chi connectivity index (χ1v) is 5.25. The molecule has 0 spiro atoms. The van der Waals surface area contributed by atoms with Crippen LogP contribution in [0.3, 0.4) is 0 Å². The van der Waals surface area contributed by atoms with Gasteiger partial charge in [0.05, 0.1) is 22.6 Å². The molecule has 1 rings (SSSR count). The zero-order valence-electron chi connectivity index (χ0n) is 10.1. The number of carbonyl (C=O) groups is 1. The van der Waals surface area contributed by atoms with E-state index in [9.17, 15) is 14.9 Å². The van der Waals surface area contributed by atoms with Crippen LogP contribution >= 0.6 is 0 Å². The van der Waals surface area contributed by atoms with Crippen molar-refractivity contribution in [1.82, 2.24) is 5.32 Å². The van der Waals surface area contributed by atoms with E-state index in [0.29, 0.717) is 0 Å². The second-order valence-electron chi connectivity index (χ2n) is 4.49. The summed E-state index contributed by atoms with van der Waals surface area (Å²) in [5, 5.41) is 22.3. The number of para-hydroxylation sites is 1. The molecular weight excluding hydrogens is 238 g/mol. The van der Waals surface area contributed by atoms with Gasteiger partial charge in [-0.1, -0.05) is 6.07 Å². The third kappa shape index (κ3) is 2.95. The molecule has 1 amide bonds. The molecular formula is C11H15N3O4. The van der Waals surface area contributed by atoms with Crippen LogP contribution in [-0.2, 0) is 0 Å². The molecule has 18 heavy (non-hydrogen) atoms. The van der Waals surface area contributed by atoms with E-state index >= 15 is 0 Å². The van der Waals surface area contributed by atoms with Crippen molar-refractivity contribution in [1.29, 1.82) is 0 Å². The number of nitrogens with two attached hydrogens (primary N) is 1. The first-order chi connectivity index (χ1) is 8.28. The second kappa shape index (κ2) is 5.01. The number of rotatable bonds is 4. The standard InChI is InChI=1S/C11H15N3O4/c1-11(2,6-15)13-10(16)7-4-3-5-8(9(7)12)14(17)18/h3-5,15H,6,12H2,1-2H3,(H,13,16). The molecule has 98 valence electrons. The van der Waals surface area contributed by atoms with Gasteiger partial charge in [-0.15, -0.1) is 0 Å². The summed E-state index contributed by atoms with van der Waals surface area (Å²) in [7, 11) is 0. The van der Waals surface area contributed by atoms with Crippen molar-refractivity contribution in [3.63, 3.8) is 0 Å². The van der Waals surface area contributed by atoms with E-state index < -0.39 is 16.4 Å². The molecule has 0 fully saturated rings. The Morgan fingerprint density at radius 3 is 2.67 bits per heavy atom. The lowest BCUT2D eigenvalue weighted by atomic mass is 10.1. The van der Waals surface area contributed by atoms with Crippen molar-refractivity contribution >= 4 is 17.3 Å². The van der Waals surface area contributed by atoms with Crippen molar-refractivity contribution in [2.24, 2.45) is 0 Å². The molecule has 7 heteroatoms. The number of anilines is 1. The molecule has 0 aliphatic heterocycles. The fourth-order valence-electron chi connectivity index (χ4n) is 1.32. The van der Waals surface area contributed by atoms with Crippen LogP contribution in [0.4, 0.5) is 11.4 Å². The Balaban J connectivity index is 3.08. The van der Waals surface area contributed by atoms with E-state index in [4.69, 9.17) is 10.8 Å². The smallest absolute Gasteiger partial charge is 0.292 e. The minimum absolute atomic E-state index is 0.0192.